The fraction of sp³-hybridized carbons (Fsp3) is 0. The Balaban J connectivity index is 2.28. The van der Waals surface area contributed by atoms with E-state index >= 15 is 0 Å². The van der Waals surface area contributed by atoms with Crippen molar-refractivity contribution in [2.24, 2.45) is 0 Å². The van der Waals surface area contributed by atoms with Crippen LogP contribution in [0.5, 0.6) is 11.5 Å². The van der Waals surface area contributed by atoms with Gasteiger partial charge in [-0.1, -0.05) is 0 Å². The van der Waals surface area contributed by atoms with Gasteiger partial charge in [0.15, 0.2) is 0 Å². The molecule has 0 spiro atoms. The van der Waals surface area contributed by atoms with E-state index in [0.717, 1.165) is 36.4 Å². The second-order valence-electron chi connectivity index (χ2n) is 3.82. The number of rotatable bonds is 2. The molecule has 19 heavy (non-hydrogen) atoms. The Morgan fingerprint density at radius 3 is 2.26 bits per heavy atom. The van der Waals surface area contributed by atoms with Gasteiger partial charge in [0.1, 0.15) is 23.1 Å². The number of nitrogens with one attached hydrogen (secondary N) is 1. The molecular weight excluding hydrogens is 256 g/mol. The molecule has 0 unspecified atom stereocenters. The van der Waals surface area contributed by atoms with E-state index < -0.39 is 17.5 Å². The summed E-state index contributed by atoms with van der Waals surface area (Å²) in [5, 5.41) is 20.6. The molecule has 0 fully saturated rings. The molecule has 0 aliphatic rings. The van der Waals surface area contributed by atoms with E-state index in [-0.39, 0.29) is 22.7 Å². The molecule has 0 saturated carbocycles. The lowest BCUT2D eigenvalue weighted by molar-refractivity contribution is 0.102. The molecule has 1 amide bonds. The van der Waals surface area contributed by atoms with Crippen LogP contribution in [0.2, 0.25) is 0 Å². The Labute approximate surface area is 106 Å². The third-order valence-electron chi connectivity index (χ3n) is 2.34. The van der Waals surface area contributed by atoms with E-state index in [1.165, 1.54) is 0 Å². The van der Waals surface area contributed by atoms with Crippen molar-refractivity contribution >= 4 is 11.6 Å². The van der Waals surface area contributed by atoms with Crippen molar-refractivity contribution in [3.05, 3.63) is 53.6 Å². The molecule has 3 N–H and O–H groups in total. The summed E-state index contributed by atoms with van der Waals surface area (Å²) in [4.78, 5) is 11.8. The molecule has 4 nitrogen and oxygen atoms in total. The second kappa shape index (κ2) is 4.93. The van der Waals surface area contributed by atoms with Crippen LogP contribution in [0.15, 0.2) is 36.4 Å². The number of carbonyl (C=O) groups is 1. The quantitative estimate of drug-likeness (QED) is 0.781. The van der Waals surface area contributed by atoms with E-state index in [0.29, 0.717) is 0 Å². The van der Waals surface area contributed by atoms with E-state index in [9.17, 15) is 23.8 Å². The van der Waals surface area contributed by atoms with Gasteiger partial charge in [-0.2, -0.15) is 0 Å². The molecule has 2 aromatic rings. The first kappa shape index (κ1) is 12.8. The summed E-state index contributed by atoms with van der Waals surface area (Å²) in [6.07, 6.45) is 0. The number of phenols is 2. The van der Waals surface area contributed by atoms with Crippen LogP contribution in [0.4, 0.5) is 14.5 Å². The number of halogens is 2. The lowest BCUT2D eigenvalue weighted by Gasteiger charge is -2.07. The number of hydrogen-bond donors (Lipinski definition) is 3. The van der Waals surface area contributed by atoms with Gasteiger partial charge in [0.25, 0.3) is 5.91 Å². The van der Waals surface area contributed by atoms with E-state index in [4.69, 9.17) is 0 Å². The zero-order chi connectivity index (χ0) is 14.0. The average Bonchev–Trinajstić information content (AvgIpc) is 2.32. The van der Waals surface area contributed by atoms with Crippen molar-refractivity contribution in [1.29, 1.82) is 0 Å². The van der Waals surface area contributed by atoms with Crippen molar-refractivity contribution < 1.29 is 23.8 Å². The highest BCUT2D eigenvalue weighted by Crippen LogP contribution is 2.22. The van der Waals surface area contributed by atoms with Crippen LogP contribution in [0.25, 0.3) is 0 Å². The topological polar surface area (TPSA) is 69.6 Å². The van der Waals surface area contributed by atoms with Gasteiger partial charge < -0.3 is 15.5 Å². The SMILES string of the molecule is O=C(Nc1cc(F)ccc1F)c1cc(O)cc(O)c1. The first-order chi connectivity index (χ1) is 8.95. The molecule has 0 radical (unpaired) electrons. The van der Waals surface area contributed by atoms with Gasteiger partial charge in [-0.3, -0.25) is 4.79 Å². The van der Waals surface area contributed by atoms with Crippen LogP contribution in [0.3, 0.4) is 0 Å². The minimum Gasteiger partial charge on any atom is -0.508 e. The van der Waals surface area contributed by atoms with Gasteiger partial charge in [-0.05, 0) is 24.3 Å². The van der Waals surface area contributed by atoms with Gasteiger partial charge in [-0.15, -0.1) is 0 Å². The summed E-state index contributed by atoms with van der Waals surface area (Å²) in [5.74, 6) is -2.90. The number of anilines is 1. The molecule has 0 heterocycles. The summed E-state index contributed by atoms with van der Waals surface area (Å²) < 4.78 is 26.3. The Bertz CT molecular complexity index is 624. The molecular formula is C13H9F2NO3. The number of aromatic hydroxyl groups is 2. The lowest BCUT2D eigenvalue weighted by atomic mass is 10.2. The number of amides is 1. The predicted molar refractivity (Wildman–Crippen MR) is 64.1 cm³/mol. The highest BCUT2D eigenvalue weighted by atomic mass is 19.1. The number of hydrogen-bond acceptors (Lipinski definition) is 3. The smallest absolute Gasteiger partial charge is 0.256 e. The Morgan fingerprint density at radius 1 is 1.00 bits per heavy atom. The van der Waals surface area contributed by atoms with Crippen molar-refractivity contribution in [2.75, 3.05) is 5.32 Å². The summed E-state index contributed by atoms with van der Waals surface area (Å²) in [6.45, 7) is 0. The number of phenolic OH excluding ortho intramolecular Hbond substituents is 2. The standard InChI is InChI=1S/C13H9F2NO3/c14-8-1-2-11(15)12(5-8)16-13(19)7-3-9(17)6-10(18)4-7/h1-6,17-18H,(H,16,19). The van der Waals surface area contributed by atoms with Crippen molar-refractivity contribution in [1.82, 2.24) is 0 Å². The van der Waals surface area contributed by atoms with Crippen LogP contribution in [0.1, 0.15) is 10.4 Å². The number of carbonyl (C=O) groups excluding carboxylic acids is 1. The molecule has 0 aliphatic carbocycles. The van der Waals surface area contributed by atoms with Gasteiger partial charge >= 0.3 is 0 Å². The lowest BCUT2D eigenvalue weighted by Crippen LogP contribution is -2.13. The van der Waals surface area contributed by atoms with Gasteiger partial charge in [-0.25, -0.2) is 8.78 Å². The fourth-order valence-corrected chi connectivity index (χ4v) is 1.51. The van der Waals surface area contributed by atoms with E-state index in [1.54, 1.807) is 0 Å². The number of benzene rings is 2. The molecule has 0 aliphatic heterocycles. The zero-order valence-electron chi connectivity index (χ0n) is 9.52. The van der Waals surface area contributed by atoms with E-state index in [1.807, 2.05) is 0 Å². The molecule has 0 aromatic heterocycles. The van der Waals surface area contributed by atoms with E-state index in [2.05, 4.69) is 5.32 Å². The first-order valence-electron chi connectivity index (χ1n) is 5.25. The second-order valence-corrected chi connectivity index (χ2v) is 3.82. The minimum absolute atomic E-state index is 0.0823. The van der Waals surface area contributed by atoms with Crippen LogP contribution < -0.4 is 5.32 Å². The summed E-state index contributed by atoms with van der Waals surface area (Å²) in [5.41, 5.74) is -0.408. The third kappa shape index (κ3) is 2.98. The van der Waals surface area contributed by atoms with Crippen LogP contribution in [0, 0.1) is 11.6 Å². The zero-order valence-corrected chi connectivity index (χ0v) is 9.52. The van der Waals surface area contributed by atoms with Crippen molar-refractivity contribution in [2.45, 2.75) is 0 Å². The summed E-state index contributed by atoms with van der Waals surface area (Å²) >= 11 is 0. The summed E-state index contributed by atoms with van der Waals surface area (Å²) in [7, 11) is 0. The maximum absolute atomic E-state index is 13.3. The Morgan fingerprint density at radius 2 is 1.63 bits per heavy atom. The van der Waals surface area contributed by atoms with Gasteiger partial charge in [0, 0.05) is 17.7 Å². The normalized spacial score (nSPS) is 10.2. The molecule has 2 rings (SSSR count). The molecule has 0 atom stereocenters. The van der Waals surface area contributed by atoms with Crippen molar-refractivity contribution in [3.8, 4) is 11.5 Å². The van der Waals surface area contributed by atoms with Gasteiger partial charge in [0.05, 0.1) is 5.69 Å². The first-order valence-corrected chi connectivity index (χ1v) is 5.25. The van der Waals surface area contributed by atoms with Crippen molar-refractivity contribution in [3.63, 3.8) is 0 Å². The average molecular weight is 265 g/mol. The highest BCUT2D eigenvalue weighted by molar-refractivity contribution is 6.04. The molecule has 6 heteroatoms. The highest BCUT2D eigenvalue weighted by Gasteiger charge is 2.12. The Hall–Kier alpha value is -2.63. The maximum atomic E-state index is 13.3. The maximum Gasteiger partial charge on any atom is 0.256 e. The molecule has 2 aromatic carbocycles. The third-order valence-corrected chi connectivity index (χ3v) is 2.34. The monoisotopic (exact) mass is 265 g/mol. The van der Waals surface area contributed by atoms with Crippen LogP contribution in [-0.4, -0.2) is 16.1 Å². The summed E-state index contributed by atoms with van der Waals surface area (Å²) in [6, 6.07) is 5.85. The molecule has 0 bridgehead atoms. The van der Waals surface area contributed by atoms with Gasteiger partial charge in [0.2, 0.25) is 0 Å². The predicted octanol–water partition coefficient (Wildman–Crippen LogP) is 2.63. The minimum atomic E-state index is -0.792. The molecule has 98 valence electrons. The molecule has 0 saturated heterocycles. The van der Waals surface area contributed by atoms with Crippen LogP contribution >= 0.6 is 0 Å². The fourth-order valence-electron chi connectivity index (χ4n) is 1.51. The van der Waals surface area contributed by atoms with Crippen LogP contribution in [-0.2, 0) is 0 Å². The largest absolute Gasteiger partial charge is 0.508 e. The Kier molecular flexibility index (Phi) is 3.33.